The summed E-state index contributed by atoms with van der Waals surface area (Å²) in [6, 6.07) is 19.2. The Labute approximate surface area is 264 Å². The second-order valence-corrected chi connectivity index (χ2v) is 17.5. The number of rotatable bonds is 9. The smallest absolute Gasteiger partial charge is 0.236 e. The summed E-state index contributed by atoms with van der Waals surface area (Å²) >= 11 is 8.29. The van der Waals surface area contributed by atoms with Gasteiger partial charge in [0.25, 0.3) is 0 Å². The van der Waals surface area contributed by atoms with Gasteiger partial charge in [-0.1, -0.05) is 31.5 Å². The van der Waals surface area contributed by atoms with Crippen molar-refractivity contribution in [2.45, 2.75) is 45.8 Å². The molecule has 0 unspecified atom stereocenters. The summed E-state index contributed by atoms with van der Waals surface area (Å²) < 4.78 is 58.9. The molecule has 0 amide bonds. The molecule has 1 saturated heterocycles. The summed E-state index contributed by atoms with van der Waals surface area (Å²) in [5.41, 5.74) is 3.25. The van der Waals surface area contributed by atoms with Gasteiger partial charge in [0, 0.05) is 34.8 Å². The minimum Gasteiger partial charge on any atom is -0.491 e. The normalized spacial score (nSPS) is 16.1. The number of hydrogen-bond donors (Lipinski definition) is 0. The van der Waals surface area contributed by atoms with Gasteiger partial charge in [-0.05, 0) is 95.9 Å². The van der Waals surface area contributed by atoms with Gasteiger partial charge in [-0.25, -0.2) is 21.1 Å². The maximum absolute atomic E-state index is 13.2. The van der Waals surface area contributed by atoms with E-state index < -0.39 is 25.3 Å². The second kappa shape index (κ2) is 12.0. The molecule has 0 bridgehead atoms. The lowest BCUT2D eigenvalue weighted by Gasteiger charge is -2.31. The molecule has 0 aliphatic carbocycles. The predicted octanol–water partition coefficient (Wildman–Crippen LogP) is 7.00. The van der Waals surface area contributed by atoms with Gasteiger partial charge >= 0.3 is 0 Å². The van der Waals surface area contributed by atoms with Crippen molar-refractivity contribution in [3.8, 4) is 5.75 Å². The molecule has 5 rings (SSSR count). The lowest BCUT2D eigenvalue weighted by molar-refractivity contribution is 0.240. The van der Waals surface area contributed by atoms with Crippen molar-refractivity contribution in [1.29, 1.82) is 0 Å². The van der Waals surface area contributed by atoms with E-state index in [-0.39, 0.29) is 17.6 Å². The number of ether oxygens (including phenoxy) is 1. The Morgan fingerprint density at radius 3 is 2.35 bits per heavy atom. The Hall–Kier alpha value is -2.63. The fraction of sp³-hybridized carbons (Fsp3) is 0.375. The van der Waals surface area contributed by atoms with Crippen molar-refractivity contribution >= 4 is 64.3 Å². The highest BCUT2D eigenvalue weighted by Crippen LogP contribution is 2.40. The highest BCUT2D eigenvalue weighted by molar-refractivity contribution is 7.92. The number of nitrogens with zero attached hydrogens (tertiary/aromatic N) is 2. The van der Waals surface area contributed by atoms with E-state index in [1.807, 2.05) is 67.8 Å². The van der Waals surface area contributed by atoms with Crippen LogP contribution in [0.5, 0.6) is 5.75 Å². The molecular weight excluding hydrogens is 624 g/mol. The summed E-state index contributed by atoms with van der Waals surface area (Å²) in [7, 11) is -6.69. The second-order valence-electron chi connectivity index (χ2n) is 12.0. The van der Waals surface area contributed by atoms with Gasteiger partial charge in [0.1, 0.15) is 5.75 Å². The lowest BCUT2D eigenvalue weighted by Crippen LogP contribution is -2.39. The molecular formula is C32H37ClN2O5S3. The fourth-order valence-electron chi connectivity index (χ4n) is 5.45. The van der Waals surface area contributed by atoms with Crippen LogP contribution in [0.4, 0.5) is 11.4 Å². The highest BCUT2D eigenvalue weighted by Gasteiger charge is 2.29. The van der Waals surface area contributed by atoms with Crippen molar-refractivity contribution in [2.24, 2.45) is 0 Å². The number of thiophene rings is 1. The molecule has 43 heavy (non-hydrogen) atoms. The molecule has 0 radical (unpaired) electrons. The van der Waals surface area contributed by atoms with Gasteiger partial charge in [-0.2, -0.15) is 0 Å². The summed E-state index contributed by atoms with van der Waals surface area (Å²) in [6.45, 7) is 9.69. The van der Waals surface area contributed by atoms with Crippen molar-refractivity contribution < 1.29 is 21.6 Å². The Kier molecular flexibility index (Phi) is 8.90. The summed E-state index contributed by atoms with van der Waals surface area (Å²) in [6.07, 6.45) is 1.16. The first-order valence-electron chi connectivity index (χ1n) is 14.1. The van der Waals surface area contributed by atoms with Crippen LogP contribution in [0.2, 0.25) is 5.02 Å². The van der Waals surface area contributed by atoms with E-state index in [9.17, 15) is 16.8 Å². The van der Waals surface area contributed by atoms with Crippen molar-refractivity contribution in [3.05, 3.63) is 87.8 Å². The van der Waals surface area contributed by atoms with Crippen LogP contribution < -0.4 is 9.04 Å². The number of sulfonamides is 1. The molecule has 0 spiro atoms. The van der Waals surface area contributed by atoms with E-state index in [0.717, 1.165) is 32.5 Å². The van der Waals surface area contributed by atoms with Crippen molar-refractivity contribution in [1.82, 2.24) is 4.90 Å². The van der Waals surface area contributed by atoms with Crippen LogP contribution in [0.3, 0.4) is 0 Å². The zero-order chi connectivity index (χ0) is 31.2. The molecule has 2 heterocycles. The third-order valence-electron chi connectivity index (χ3n) is 7.74. The van der Waals surface area contributed by atoms with Crippen LogP contribution in [0.15, 0.2) is 66.0 Å². The number of anilines is 2. The average molecular weight is 661 g/mol. The number of halogens is 1. The molecule has 11 heteroatoms. The molecule has 1 aromatic heterocycles. The van der Waals surface area contributed by atoms with Crippen LogP contribution in [0, 0.1) is 0 Å². The standard InChI is InChI=1S/C32H37ClN2O5S3/c1-22(2)40-30-15-23(21-34-9-12-43(38,39)13-10-34)14-25(19-30)32(3,4)26-17-27(33)20-29(18-26)35(42(5,36)37)28-6-7-31-24(16-28)8-11-41-31/h6-8,11,14-20,22H,9-10,12-13,21H2,1-5H3. The maximum Gasteiger partial charge on any atom is 0.236 e. The number of sulfone groups is 1. The molecule has 3 aromatic carbocycles. The first-order valence-corrected chi connectivity index (χ1v) is 19.1. The van der Waals surface area contributed by atoms with E-state index in [4.69, 9.17) is 16.3 Å². The van der Waals surface area contributed by atoms with Crippen LogP contribution in [0.1, 0.15) is 44.4 Å². The van der Waals surface area contributed by atoms with Crippen LogP contribution in [-0.4, -0.2) is 58.7 Å². The molecule has 1 aliphatic heterocycles. The summed E-state index contributed by atoms with van der Waals surface area (Å²) in [4.78, 5) is 2.15. The Bertz CT molecular complexity index is 1850. The van der Waals surface area contributed by atoms with E-state index in [0.29, 0.717) is 36.0 Å². The van der Waals surface area contributed by atoms with Crippen molar-refractivity contribution in [3.63, 3.8) is 0 Å². The molecule has 4 aromatic rings. The van der Waals surface area contributed by atoms with Gasteiger partial charge in [-0.15, -0.1) is 11.3 Å². The Morgan fingerprint density at radius 2 is 1.67 bits per heavy atom. The van der Waals surface area contributed by atoms with Crippen LogP contribution in [0.25, 0.3) is 10.1 Å². The quantitative estimate of drug-likeness (QED) is 0.192. The molecule has 7 nitrogen and oxygen atoms in total. The van der Waals surface area contributed by atoms with Gasteiger partial charge < -0.3 is 4.74 Å². The van der Waals surface area contributed by atoms with Crippen LogP contribution >= 0.6 is 22.9 Å². The number of hydrogen-bond acceptors (Lipinski definition) is 7. The van der Waals surface area contributed by atoms with Gasteiger partial charge in [0.2, 0.25) is 10.0 Å². The molecule has 0 saturated carbocycles. The largest absolute Gasteiger partial charge is 0.491 e. The highest BCUT2D eigenvalue weighted by atomic mass is 35.5. The van der Waals surface area contributed by atoms with Gasteiger partial charge in [0.15, 0.2) is 9.84 Å². The first-order chi connectivity index (χ1) is 20.1. The van der Waals surface area contributed by atoms with E-state index >= 15 is 0 Å². The van der Waals surface area contributed by atoms with Crippen molar-refractivity contribution in [2.75, 3.05) is 35.2 Å². The summed E-state index contributed by atoms with van der Waals surface area (Å²) in [5, 5.41) is 3.38. The number of benzene rings is 3. The minimum absolute atomic E-state index is 0.0343. The third kappa shape index (κ3) is 7.37. The van der Waals surface area contributed by atoms with Crippen LogP contribution in [-0.2, 0) is 31.8 Å². The van der Waals surface area contributed by atoms with E-state index in [2.05, 4.69) is 24.8 Å². The zero-order valence-corrected chi connectivity index (χ0v) is 28.2. The van der Waals surface area contributed by atoms with Gasteiger partial charge in [-0.3, -0.25) is 4.90 Å². The minimum atomic E-state index is -3.71. The first kappa shape index (κ1) is 31.8. The Morgan fingerprint density at radius 1 is 0.977 bits per heavy atom. The third-order valence-corrected chi connectivity index (χ3v) is 11.6. The SMILES string of the molecule is CC(C)Oc1cc(CN2CCS(=O)(=O)CC2)cc(C(C)(C)c2cc(Cl)cc(N(c3ccc4sccc4c3)S(C)(=O)=O)c2)c1. The molecule has 1 fully saturated rings. The lowest BCUT2D eigenvalue weighted by atomic mass is 9.77. The number of fused-ring (bicyclic) bond motifs is 1. The zero-order valence-electron chi connectivity index (χ0n) is 25.0. The van der Waals surface area contributed by atoms with E-state index in [1.165, 1.54) is 10.6 Å². The molecule has 0 atom stereocenters. The van der Waals surface area contributed by atoms with Gasteiger partial charge in [0.05, 0.1) is 35.2 Å². The predicted molar refractivity (Wildman–Crippen MR) is 179 cm³/mol. The molecule has 230 valence electrons. The fourth-order valence-corrected chi connectivity index (χ4v) is 8.71. The molecule has 1 aliphatic rings. The topological polar surface area (TPSA) is 84.0 Å². The molecule has 0 N–H and O–H groups in total. The Balaban J connectivity index is 1.56. The maximum atomic E-state index is 13.2. The monoisotopic (exact) mass is 660 g/mol. The van der Waals surface area contributed by atoms with E-state index in [1.54, 1.807) is 17.4 Å². The summed E-state index contributed by atoms with van der Waals surface area (Å²) in [5.74, 6) is 1.05. The average Bonchev–Trinajstić information content (AvgIpc) is 3.36.